The monoisotopic (exact) mass is 339 g/mol. The zero-order valence-corrected chi connectivity index (χ0v) is 14.3. The Kier molecular flexibility index (Phi) is 5.26. The van der Waals surface area contributed by atoms with E-state index in [9.17, 15) is 4.79 Å². The summed E-state index contributed by atoms with van der Waals surface area (Å²) < 4.78 is 5.18. The Morgan fingerprint density at radius 2 is 2.18 bits per heavy atom. The van der Waals surface area contributed by atoms with Crippen molar-refractivity contribution in [3.8, 4) is 5.75 Å². The van der Waals surface area contributed by atoms with Crippen LogP contribution in [0.25, 0.3) is 0 Å². The third-order valence-corrected chi connectivity index (χ3v) is 4.72. The Labute approximate surface area is 138 Å². The van der Waals surface area contributed by atoms with Crippen molar-refractivity contribution in [2.24, 2.45) is 0 Å². The molecule has 0 fully saturated rings. The molecule has 1 amide bonds. The molecule has 0 atom stereocenters. The van der Waals surface area contributed by atoms with Crippen LogP contribution in [0.1, 0.15) is 25.9 Å². The van der Waals surface area contributed by atoms with Gasteiger partial charge in [0, 0.05) is 23.9 Å². The Hall–Kier alpha value is -1.79. The number of nitrogens with two attached hydrogens (primary N) is 1. The Morgan fingerprint density at radius 1 is 1.45 bits per heavy atom. The lowest BCUT2D eigenvalue weighted by Crippen LogP contribution is -2.26. The summed E-state index contributed by atoms with van der Waals surface area (Å²) in [6.45, 7) is 4.52. The van der Waals surface area contributed by atoms with Gasteiger partial charge in [-0.05, 0) is 19.9 Å². The van der Waals surface area contributed by atoms with Crippen LogP contribution >= 0.6 is 22.9 Å². The van der Waals surface area contributed by atoms with Crippen LogP contribution < -0.4 is 15.8 Å². The van der Waals surface area contributed by atoms with Gasteiger partial charge in [-0.2, -0.15) is 0 Å². The van der Waals surface area contributed by atoms with E-state index in [1.165, 1.54) is 18.1 Å². The number of nitrogens with zero attached hydrogens (tertiary/aromatic N) is 1. The number of benzene rings is 1. The largest absolute Gasteiger partial charge is 0.496 e. The fourth-order valence-electron chi connectivity index (χ4n) is 1.94. The summed E-state index contributed by atoms with van der Waals surface area (Å²) in [5, 5.41) is 4.19. The molecule has 0 radical (unpaired) electrons. The number of hydrogen-bond donors (Lipinski definition) is 2. The number of methoxy groups -OCH3 is 1. The highest BCUT2D eigenvalue weighted by molar-refractivity contribution is 7.11. The molecule has 2 aromatic rings. The summed E-state index contributed by atoms with van der Waals surface area (Å²) in [6.07, 6.45) is 0.691. The molecule has 1 aromatic carbocycles. The molecule has 0 spiro atoms. The Balaban J connectivity index is 2.02. The van der Waals surface area contributed by atoms with Gasteiger partial charge in [0.1, 0.15) is 5.75 Å². The van der Waals surface area contributed by atoms with Gasteiger partial charge in [0.2, 0.25) is 0 Å². The maximum atomic E-state index is 12.2. The smallest absolute Gasteiger partial charge is 0.255 e. The van der Waals surface area contributed by atoms with Crippen LogP contribution in [0.15, 0.2) is 12.1 Å². The molecule has 118 valence electrons. The lowest BCUT2D eigenvalue weighted by molar-refractivity contribution is 0.0951. The molecule has 0 unspecified atom stereocenters. The number of nitrogen functional groups attached to an aromatic ring is 1. The van der Waals surface area contributed by atoms with Crippen molar-refractivity contribution < 1.29 is 9.53 Å². The molecular weight excluding hydrogens is 322 g/mol. The van der Waals surface area contributed by atoms with E-state index in [2.05, 4.69) is 10.3 Å². The van der Waals surface area contributed by atoms with Crippen molar-refractivity contribution in [3.05, 3.63) is 38.3 Å². The molecule has 3 N–H and O–H groups in total. The molecule has 22 heavy (non-hydrogen) atoms. The highest BCUT2D eigenvalue weighted by Gasteiger charge is 2.15. The first-order chi connectivity index (χ1) is 10.4. The van der Waals surface area contributed by atoms with Gasteiger partial charge < -0.3 is 15.8 Å². The Morgan fingerprint density at radius 3 is 2.77 bits per heavy atom. The second kappa shape index (κ2) is 6.98. The van der Waals surface area contributed by atoms with E-state index >= 15 is 0 Å². The van der Waals surface area contributed by atoms with Crippen molar-refractivity contribution in [1.82, 2.24) is 10.3 Å². The number of anilines is 1. The first-order valence-corrected chi connectivity index (χ1v) is 7.96. The van der Waals surface area contributed by atoms with Crippen LogP contribution in [0.4, 0.5) is 5.69 Å². The number of halogens is 1. The van der Waals surface area contributed by atoms with E-state index in [0.29, 0.717) is 35.0 Å². The number of nitrogens with one attached hydrogen (secondary N) is 1. The van der Waals surface area contributed by atoms with E-state index in [1.54, 1.807) is 17.4 Å². The predicted octanol–water partition coefficient (Wildman–Crippen LogP) is 2.98. The average Bonchev–Trinajstić information content (AvgIpc) is 2.79. The summed E-state index contributed by atoms with van der Waals surface area (Å²) in [6, 6.07) is 3.06. The molecule has 0 aliphatic rings. The van der Waals surface area contributed by atoms with Gasteiger partial charge in [0.15, 0.2) is 0 Å². The summed E-state index contributed by atoms with van der Waals surface area (Å²) in [7, 11) is 1.49. The highest BCUT2D eigenvalue weighted by atomic mass is 35.5. The maximum Gasteiger partial charge on any atom is 0.255 e. The normalized spacial score (nSPS) is 10.5. The van der Waals surface area contributed by atoms with Crippen molar-refractivity contribution in [3.63, 3.8) is 0 Å². The number of hydrogen-bond acceptors (Lipinski definition) is 5. The van der Waals surface area contributed by atoms with Gasteiger partial charge in [-0.3, -0.25) is 4.79 Å². The first-order valence-electron chi connectivity index (χ1n) is 6.76. The average molecular weight is 340 g/mol. The summed E-state index contributed by atoms with van der Waals surface area (Å²) in [4.78, 5) is 17.9. The molecule has 0 saturated heterocycles. The maximum absolute atomic E-state index is 12.2. The van der Waals surface area contributed by atoms with E-state index in [-0.39, 0.29) is 5.91 Å². The van der Waals surface area contributed by atoms with Gasteiger partial charge in [-0.1, -0.05) is 11.6 Å². The van der Waals surface area contributed by atoms with Crippen LogP contribution in [0.3, 0.4) is 0 Å². The molecule has 7 heteroatoms. The highest BCUT2D eigenvalue weighted by Crippen LogP contribution is 2.28. The minimum atomic E-state index is -0.247. The molecule has 5 nitrogen and oxygen atoms in total. The summed E-state index contributed by atoms with van der Waals surface area (Å²) >= 11 is 7.62. The number of thiazole rings is 1. The number of carbonyl (C=O) groups is 1. The fourth-order valence-corrected chi connectivity index (χ4v) is 3.04. The number of carbonyl (C=O) groups excluding carboxylic acids is 1. The van der Waals surface area contributed by atoms with Gasteiger partial charge in [0.05, 0.1) is 34.1 Å². The second-order valence-electron chi connectivity index (χ2n) is 4.83. The fraction of sp³-hybridized carbons (Fsp3) is 0.333. The van der Waals surface area contributed by atoms with Crippen molar-refractivity contribution in [2.45, 2.75) is 20.3 Å². The lowest BCUT2D eigenvalue weighted by atomic mass is 10.1. The molecule has 0 saturated carbocycles. The molecule has 0 bridgehead atoms. The SMILES string of the molecule is COc1cc(N)c(Cl)cc1C(=O)NCCc1nc(C)c(C)s1. The quantitative estimate of drug-likeness (QED) is 0.821. The molecule has 0 aliphatic carbocycles. The number of aromatic nitrogens is 1. The van der Waals surface area contributed by atoms with Crippen LogP contribution in [0.5, 0.6) is 5.75 Å². The van der Waals surface area contributed by atoms with E-state index in [4.69, 9.17) is 22.1 Å². The minimum absolute atomic E-state index is 0.247. The molecule has 1 aromatic heterocycles. The van der Waals surface area contributed by atoms with Crippen molar-refractivity contribution >= 4 is 34.5 Å². The van der Waals surface area contributed by atoms with Crippen LogP contribution in [0.2, 0.25) is 5.02 Å². The zero-order chi connectivity index (χ0) is 16.3. The summed E-state index contributed by atoms with van der Waals surface area (Å²) in [5.41, 5.74) is 7.49. The van der Waals surface area contributed by atoms with Gasteiger partial charge in [-0.25, -0.2) is 4.98 Å². The number of ether oxygens (including phenoxy) is 1. The third-order valence-electron chi connectivity index (χ3n) is 3.26. The number of amides is 1. The standard InChI is InChI=1S/C15H18ClN3O2S/c1-8-9(2)22-14(19-8)4-5-18-15(20)10-6-11(16)12(17)7-13(10)21-3/h6-7H,4-5,17H2,1-3H3,(H,18,20). The van der Waals surface area contributed by atoms with E-state index in [1.807, 2.05) is 13.8 Å². The van der Waals surface area contributed by atoms with Crippen LogP contribution in [0, 0.1) is 13.8 Å². The van der Waals surface area contributed by atoms with Crippen molar-refractivity contribution in [1.29, 1.82) is 0 Å². The zero-order valence-electron chi connectivity index (χ0n) is 12.7. The van der Waals surface area contributed by atoms with Gasteiger partial charge >= 0.3 is 0 Å². The van der Waals surface area contributed by atoms with Crippen LogP contribution in [-0.4, -0.2) is 24.5 Å². The molecule has 2 rings (SSSR count). The van der Waals surface area contributed by atoms with E-state index < -0.39 is 0 Å². The van der Waals surface area contributed by atoms with E-state index in [0.717, 1.165) is 10.7 Å². The number of aryl methyl sites for hydroxylation is 2. The van der Waals surface area contributed by atoms with Crippen molar-refractivity contribution in [2.75, 3.05) is 19.4 Å². The lowest BCUT2D eigenvalue weighted by Gasteiger charge is -2.11. The molecule has 0 aliphatic heterocycles. The summed E-state index contributed by atoms with van der Waals surface area (Å²) in [5.74, 6) is 0.157. The molecule has 1 heterocycles. The van der Waals surface area contributed by atoms with Gasteiger partial charge in [-0.15, -0.1) is 11.3 Å². The second-order valence-corrected chi connectivity index (χ2v) is 6.52. The van der Waals surface area contributed by atoms with Crippen LogP contribution in [-0.2, 0) is 6.42 Å². The number of rotatable bonds is 5. The Bertz CT molecular complexity index is 681. The predicted molar refractivity (Wildman–Crippen MR) is 90.0 cm³/mol. The van der Waals surface area contributed by atoms with Gasteiger partial charge in [0.25, 0.3) is 5.91 Å². The minimum Gasteiger partial charge on any atom is -0.496 e. The third kappa shape index (κ3) is 3.69. The first kappa shape index (κ1) is 16.6. The molecular formula is C15H18ClN3O2S. The topological polar surface area (TPSA) is 77.2 Å².